The van der Waals surface area contributed by atoms with Gasteiger partial charge in [-0.3, -0.25) is 4.79 Å². The van der Waals surface area contributed by atoms with Crippen LogP contribution in [-0.4, -0.2) is 25.0 Å². The molecule has 20 heavy (non-hydrogen) atoms. The Morgan fingerprint density at radius 2 is 1.75 bits per heavy atom. The lowest BCUT2D eigenvalue weighted by Gasteiger charge is -2.20. The number of hydrogen-bond acceptors (Lipinski definition) is 3. The maximum Gasteiger partial charge on any atom is 0.328 e. The van der Waals surface area contributed by atoms with E-state index in [1.54, 1.807) is 0 Å². The highest BCUT2D eigenvalue weighted by atomic mass is 16.5. The van der Waals surface area contributed by atoms with Crippen LogP contribution in [0.3, 0.4) is 0 Å². The van der Waals surface area contributed by atoms with Crippen LogP contribution in [0.25, 0.3) is 0 Å². The van der Waals surface area contributed by atoms with Gasteiger partial charge in [0.1, 0.15) is 6.04 Å². The van der Waals surface area contributed by atoms with Gasteiger partial charge in [-0.2, -0.15) is 0 Å². The zero-order chi connectivity index (χ0) is 15.1. The van der Waals surface area contributed by atoms with Gasteiger partial charge in [0.15, 0.2) is 0 Å². The Balaban J connectivity index is 2.72. The van der Waals surface area contributed by atoms with Crippen LogP contribution in [0.15, 0.2) is 30.3 Å². The number of hydrogen-bond donors (Lipinski definition) is 1. The summed E-state index contributed by atoms with van der Waals surface area (Å²) in [5.41, 5.74) is 0.929. The standard InChI is InChI=1S/C16H23NO3/c1-11(2)10-14(16(19)20-4)17-15(18)12(3)13-8-6-5-7-9-13/h5-9,11-12,14H,10H2,1-4H3,(H,17,18)/t12-,14-/m1/s1. The molecule has 0 aliphatic rings. The minimum absolute atomic E-state index is 0.160. The zero-order valence-electron chi connectivity index (χ0n) is 12.6. The molecule has 1 aromatic rings. The Bertz CT molecular complexity index is 442. The van der Waals surface area contributed by atoms with Gasteiger partial charge in [-0.1, -0.05) is 44.2 Å². The summed E-state index contributed by atoms with van der Waals surface area (Å²) in [5.74, 6) is -0.554. The van der Waals surface area contributed by atoms with Crippen molar-refractivity contribution in [2.24, 2.45) is 5.92 Å². The van der Waals surface area contributed by atoms with Crippen molar-refractivity contribution in [2.75, 3.05) is 7.11 Å². The molecule has 4 heteroatoms. The van der Waals surface area contributed by atoms with Gasteiger partial charge in [0.25, 0.3) is 0 Å². The maximum absolute atomic E-state index is 12.2. The normalized spacial score (nSPS) is 13.7. The van der Waals surface area contributed by atoms with E-state index in [1.165, 1.54) is 7.11 Å². The molecule has 0 unspecified atom stereocenters. The summed E-state index contributed by atoms with van der Waals surface area (Å²) >= 11 is 0. The first-order valence-corrected chi connectivity index (χ1v) is 6.88. The number of rotatable bonds is 6. The van der Waals surface area contributed by atoms with Crippen LogP contribution < -0.4 is 5.32 Å². The van der Waals surface area contributed by atoms with Gasteiger partial charge in [-0.15, -0.1) is 0 Å². The fourth-order valence-electron chi connectivity index (χ4n) is 2.02. The van der Waals surface area contributed by atoms with Crippen molar-refractivity contribution in [3.8, 4) is 0 Å². The second kappa shape index (κ2) is 7.68. The van der Waals surface area contributed by atoms with Crippen LogP contribution in [0.4, 0.5) is 0 Å². The summed E-state index contributed by atoms with van der Waals surface area (Å²) < 4.78 is 4.75. The molecule has 2 atom stereocenters. The third-order valence-corrected chi connectivity index (χ3v) is 3.20. The van der Waals surface area contributed by atoms with Crippen LogP contribution in [0.1, 0.15) is 38.7 Å². The van der Waals surface area contributed by atoms with Crippen LogP contribution >= 0.6 is 0 Å². The average molecular weight is 277 g/mol. The number of methoxy groups -OCH3 is 1. The molecule has 0 fully saturated rings. The number of benzene rings is 1. The van der Waals surface area contributed by atoms with E-state index in [2.05, 4.69) is 5.32 Å². The monoisotopic (exact) mass is 277 g/mol. The number of amides is 1. The molecule has 0 bridgehead atoms. The summed E-state index contributed by atoms with van der Waals surface area (Å²) in [7, 11) is 1.34. The molecule has 0 saturated carbocycles. The molecule has 0 spiro atoms. The second-order valence-corrected chi connectivity index (χ2v) is 5.35. The van der Waals surface area contributed by atoms with E-state index in [-0.39, 0.29) is 11.8 Å². The van der Waals surface area contributed by atoms with Gasteiger partial charge >= 0.3 is 5.97 Å². The van der Waals surface area contributed by atoms with Crippen molar-refractivity contribution in [3.05, 3.63) is 35.9 Å². The van der Waals surface area contributed by atoms with Crippen LogP contribution in [0.5, 0.6) is 0 Å². The Kier molecular flexibility index (Phi) is 6.22. The SMILES string of the molecule is COC(=O)[C@@H](CC(C)C)NC(=O)[C@H](C)c1ccccc1. The van der Waals surface area contributed by atoms with Crippen molar-refractivity contribution < 1.29 is 14.3 Å². The molecule has 4 nitrogen and oxygen atoms in total. The predicted molar refractivity (Wildman–Crippen MR) is 78.3 cm³/mol. The van der Waals surface area contributed by atoms with Crippen LogP contribution in [0, 0.1) is 5.92 Å². The zero-order valence-corrected chi connectivity index (χ0v) is 12.6. The van der Waals surface area contributed by atoms with Gasteiger partial charge < -0.3 is 10.1 Å². The molecule has 1 aromatic carbocycles. The van der Waals surface area contributed by atoms with E-state index in [0.29, 0.717) is 12.3 Å². The largest absolute Gasteiger partial charge is 0.467 e. The summed E-state index contributed by atoms with van der Waals surface area (Å²) in [6.45, 7) is 5.83. The summed E-state index contributed by atoms with van der Waals surface area (Å²) in [6.07, 6.45) is 0.569. The lowest BCUT2D eigenvalue weighted by Crippen LogP contribution is -2.44. The molecular weight excluding hydrogens is 254 g/mol. The molecule has 1 N–H and O–H groups in total. The van der Waals surface area contributed by atoms with E-state index in [0.717, 1.165) is 5.56 Å². The number of ether oxygens (including phenoxy) is 1. The molecule has 0 aromatic heterocycles. The number of carbonyl (C=O) groups excluding carboxylic acids is 2. The summed E-state index contributed by atoms with van der Waals surface area (Å²) in [4.78, 5) is 23.9. The molecule has 110 valence electrons. The summed E-state index contributed by atoms with van der Waals surface area (Å²) in [5, 5.41) is 2.78. The topological polar surface area (TPSA) is 55.4 Å². The highest BCUT2D eigenvalue weighted by Crippen LogP contribution is 2.16. The van der Waals surface area contributed by atoms with Gasteiger partial charge in [0, 0.05) is 0 Å². The quantitative estimate of drug-likeness (QED) is 0.813. The smallest absolute Gasteiger partial charge is 0.328 e. The molecule has 0 heterocycles. The Morgan fingerprint density at radius 1 is 1.15 bits per heavy atom. The van der Waals surface area contributed by atoms with Gasteiger partial charge in [0.2, 0.25) is 5.91 Å². The highest BCUT2D eigenvalue weighted by molar-refractivity contribution is 5.88. The lowest BCUT2D eigenvalue weighted by molar-refractivity contribution is -0.145. The van der Waals surface area contributed by atoms with Gasteiger partial charge in [-0.05, 0) is 24.8 Å². The van der Waals surface area contributed by atoms with Crippen molar-refractivity contribution >= 4 is 11.9 Å². The second-order valence-electron chi connectivity index (χ2n) is 5.35. The molecule has 1 amide bonds. The predicted octanol–water partition coefficient (Wildman–Crippen LogP) is 2.49. The Hall–Kier alpha value is -1.84. The molecule has 0 saturated heterocycles. The fraction of sp³-hybridized carbons (Fsp3) is 0.500. The minimum Gasteiger partial charge on any atom is -0.467 e. The van der Waals surface area contributed by atoms with E-state index < -0.39 is 12.0 Å². The van der Waals surface area contributed by atoms with Gasteiger partial charge in [0.05, 0.1) is 13.0 Å². The first kappa shape index (κ1) is 16.2. The third kappa shape index (κ3) is 4.68. The highest BCUT2D eigenvalue weighted by Gasteiger charge is 2.25. The van der Waals surface area contributed by atoms with Crippen molar-refractivity contribution in [1.82, 2.24) is 5.32 Å². The molecule has 0 aliphatic heterocycles. The van der Waals surface area contributed by atoms with Gasteiger partial charge in [-0.25, -0.2) is 4.79 Å². The van der Waals surface area contributed by atoms with E-state index in [4.69, 9.17) is 4.74 Å². The Morgan fingerprint density at radius 3 is 2.25 bits per heavy atom. The van der Waals surface area contributed by atoms with E-state index >= 15 is 0 Å². The number of nitrogens with one attached hydrogen (secondary N) is 1. The van der Waals surface area contributed by atoms with E-state index in [1.807, 2.05) is 51.1 Å². The average Bonchev–Trinajstić information content (AvgIpc) is 2.45. The first-order valence-electron chi connectivity index (χ1n) is 6.88. The number of carbonyl (C=O) groups is 2. The lowest BCUT2D eigenvalue weighted by atomic mass is 9.98. The van der Waals surface area contributed by atoms with Crippen molar-refractivity contribution in [2.45, 2.75) is 39.2 Å². The van der Waals surface area contributed by atoms with Crippen molar-refractivity contribution in [1.29, 1.82) is 0 Å². The fourth-order valence-corrected chi connectivity index (χ4v) is 2.02. The minimum atomic E-state index is -0.585. The van der Waals surface area contributed by atoms with Crippen LogP contribution in [0.2, 0.25) is 0 Å². The van der Waals surface area contributed by atoms with Crippen molar-refractivity contribution in [3.63, 3.8) is 0 Å². The molecule has 0 radical (unpaired) electrons. The third-order valence-electron chi connectivity index (χ3n) is 3.20. The molecule has 1 rings (SSSR count). The first-order chi connectivity index (χ1) is 9.45. The Labute approximate surface area is 120 Å². The molecular formula is C16H23NO3. The summed E-state index contributed by atoms with van der Waals surface area (Å²) in [6, 6.07) is 8.92. The van der Waals surface area contributed by atoms with Crippen LogP contribution in [-0.2, 0) is 14.3 Å². The van der Waals surface area contributed by atoms with E-state index in [9.17, 15) is 9.59 Å². The number of esters is 1. The maximum atomic E-state index is 12.2. The molecule has 0 aliphatic carbocycles.